The highest BCUT2D eigenvalue weighted by Crippen LogP contribution is 2.38. The Morgan fingerprint density at radius 1 is 1.23 bits per heavy atom. The number of methoxy groups -OCH3 is 1. The quantitative estimate of drug-likeness (QED) is 0.466. The standard InChI is InChI=1S/C24H24N2O3S/c1-5-14-26-23(27)21(30-24(26)25-19-12-10-17(3)11-13-19)16-18-8-7-9-20(28-4)22(18)29-15-6-2/h2,7-13,16H,5,14-15H2,1,3-4H3/b21-16+,25-24?. The Hall–Kier alpha value is -3.17. The lowest BCUT2D eigenvalue weighted by atomic mass is 10.1. The molecule has 1 fully saturated rings. The van der Waals surface area contributed by atoms with Crippen molar-refractivity contribution in [3.8, 4) is 23.8 Å². The number of nitrogens with zero attached hydrogens (tertiary/aromatic N) is 2. The van der Waals surface area contributed by atoms with Crippen molar-refractivity contribution in [3.05, 3.63) is 58.5 Å². The molecular weight excluding hydrogens is 396 g/mol. The molecule has 1 aliphatic heterocycles. The van der Waals surface area contributed by atoms with E-state index < -0.39 is 0 Å². The van der Waals surface area contributed by atoms with Crippen LogP contribution >= 0.6 is 11.8 Å². The lowest BCUT2D eigenvalue weighted by Crippen LogP contribution is -2.29. The zero-order chi connectivity index (χ0) is 21.5. The third-order valence-electron chi connectivity index (χ3n) is 4.41. The highest BCUT2D eigenvalue weighted by molar-refractivity contribution is 8.18. The van der Waals surface area contributed by atoms with E-state index in [9.17, 15) is 4.79 Å². The largest absolute Gasteiger partial charge is 0.493 e. The molecular formula is C24H24N2O3S. The topological polar surface area (TPSA) is 51.1 Å². The minimum absolute atomic E-state index is 0.0709. The molecule has 1 heterocycles. The van der Waals surface area contributed by atoms with Crippen LogP contribution < -0.4 is 9.47 Å². The molecule has 5 nitrogen and oxygen atoms in total. The molecule has 154 valence electrons. The van der Waals surface area contributed by atoms with Crippen LogP contribution in [0.5, 0.6) is 11.5 Å². The normalized spacial score (nSPS) is 16.2. The van der Waals surface area contributed by atoms with Crippen molar-refractivity contribution in [2.24, 2.45) is 4.99 Å². The first-order chi connectivity index (χ1) is 14.6. The molecule has 0 atom stereocenters. The van der Waals surface area contributed by atoms with Crippen LogP contribution in [0, 0.1) is 19.3 Å². The minimum atomic E-state index is -0.0709. The van der Waals surface area contributed by atoms with E-state index in [0.29, 0.717) is 28.1 Å². The van der Waals surface area contributed by atoms with Gasteiger partial charge in [0.05, 0.1) is 17.7 Å². The Balaban J connectivity index is 1.99. The van der Waals surface area contributed by atoms with E-state index in [4.69, 9.17) is 20.9 Å². The Morgan fingerprint density at radius 3 is 2.67 bits per heavy atom. The number of aryl methyl sites for hydroxylation is 1. The van der Waals surface area contributed by atoms with Gasteiger partial charge in [0, 0.05) is 12.1 Å². The predicted octanol–water partition coefficient (Wildman–Crippen LogP) is 5.03. The summed E-state index contributed by atoms with van der Waals surface area (Å²) in [6, 6.07) is 13.4. The van der Waals surface area contributed by atoms with Crippen molar-refractivity contribution >= 4 is 34.6 Å². The van der Waals surface area contributed by atoms with Crippen molar-refractivity contribution < 1.29 is 14.3 Å². The number of aliphatic imine (C=N–C) groups is 1. The van der Waals surface area contributed by atoms with E-state index in [1.165, 1.54) is 11.8 Å². The number of amidine groups is 1. The fourth-order valence-electron chi connectivity index (χ4n) is 2.96. The smallest absolute Gasteiger partial charge is 0.266 e. The van der Waals surface area contributed by atoms with Gasteiger partial charge in [-0.3, -0.25) is 9.69 Å². The zero-order valence-electron chi connectivity index (χ0n) is 17.3. The zero-order valence-corrected chi connectivity index (χ0v) is 18.2. The van der Waals surface area contributed by atoms with Gasteiger partial charge in [-0.05, 0) is 49.4 Å². The summed E-state index contributed by atoms with van der Waals surface area (Å²) in [5.41, 5.74) is 2.71. The van der Waals surface area contributed by atoms with Crippen LogP contribution in [0.3, 0.4) is 0 Å². The summed E-state index contributed by atoms with van der Waals surface area (Å²) in [5.74, 6) is 3.47. The van der Waals surface area contributed by atoms with Crippen LogP contribution in [-0.4, -0.2) is 36.2 Å². The highest BCUT2D eigenvalue weighted by Gasteiger charge is 2.33. The number of ether oxygens (including phenoxy) is 2. The molecule has 0 radical (unpaired) electrons. The molecule has 0 unspecified atom stereocenters. The van der Waals surface area contributed by atoms with E-state index in [-0.39, 0.29) is 12.5 Å². The maximum absolute atomic E-state index is 13.1. The van der Waals surface area contributed by atoms with Crippen molar-refractivity contribution in [2.45, 2.75) is 20.3 Å². The summed E-state index contributed by atoms with van der Waals surface area (Å²) in [6.45, 7) is 4.78. The monoisotopic (exact) mass is 420 g/mol. The van der Waals surface area contributed by atoms with Crippen LogP contribution in [-0.2, 0) is 4.79 Å². The van der Waals surface area contributed by atoms with Gasteiger partial charge in [0.25, 0.3) is 5.91 Å². The summed E-state index contributed by atoms with van der Waals surface area (Å²) in [5, 5.41) is 0.672. The van der Waals surface area contributed by atoms with Crippen molar-refractivity contribution in [1.29, 1.82) is 0 Å². The van der Waals surface area contributed by atoms with Crippen LogP contribution in [0.15, 0.2) is 52.4 Å². The number of carbonyl (C=O) groups is 1. The predicted molar refractivity (Wildman–Crippen MR) is 123 cm³/mol. The molecule has 0 spiro atoms. The molecule has 0 aliphatic carbocycles. The van der Waals surface area contributed by atoms with Crippen molar-refractivity contribution in [2.75, 3.05) is 20.3 Å². The molecule has 1 saturated heterocycles. The van der Waals surface area contributed by atoms with Gasteiger partial charge in [-0.15, -0.1) is 6.42 Å². The average molecular weight is 421 g/mol. The number of carbonyl (C=O) groups excluding carboxylic acids is 1. The molecule has 1 amide bonds. The molecule has 0 N–H and O–H groups in total. The van der Waals surface area contributed by atoms with Gasteiger partial charge in [0.15, 0.2) is 16.7 Å². The Labute approximate surface area is 181 Å². The second-order valence-corrected chi connectivity index (χ2v) is 7.68. The number of thioether (sulfide) groups is 1. The van der Waals surface area contributed by atoms with Gasteiger partial charge in [0.2, 0.25) is 0 Å². The maximum Gasteiger partial charge on any atom is 0.266 e. The summed E-state index contributed by atoms with van der Waals surface area (Å²) in [7, 11) is 1.57. The molecule has 2 aromatic carbocycles. The molecule has 3 rings (SSSR count). The van der Waals surface area contributed by atoms with E-state index in [2.05, 4.69) is 5.92 Å². The van der Waals surface area contributed by atoms with Crippen LogP contribution in [0.25, 0.3) is 6.08 Å². The number of amides is 1. The van der Waals surface area contributed by atoms with Gasteiger partial charge in [0.1, 0.15) is 6.61 Å². The van der Waals surface area contributed by atoms with Crippen molar-refractivity contribution in [1.82, 2.24) is 4.90 Å². The second kappa shape index (κ2) is 10.0. The minimum Gasteiger partial charge on any atom is -0.493 e. The first-order valence-electron chi connectivity index (χ1n) is 9.67. The molecule has 6 heteroatoms. The first kappa shape index (κ1) is 21.5. The number of rotatable bonds is 7. The third kappa shape index (κ3) is 4.87. The molecule has 2 aromatic rings. The fourth-order valence-corrected chi connectivity index (χ4v) is 3.97. The van der Waals surface area contributed by atoms with Crippen LogP contribution in [0.1, 0.15) is 24.5 Å². The SMILES string of the molecule is C#CCOc1c(/C=C2/SC(=Nc3ccc(C)cc3)N(CCC)C2=O)cccc1OC. The van der Waals surface area contributed by atoms with E-state index in [1.54, 1.807) is 18.1 Å². The Bertz CT molecular complexity index is 1020. The van der Waals surface area contributed by atoms with Crippen molar-refractivity contribution in [3.63, 3.8) is 0 Å². The van der Waals surface area contributed by atoms with E-state index in [0.717, 1.165) is 23.2 Å². The van der Waals surface area contributed by atoms with Gasteiger partial charge < -0.3 is 9.47 Å². The number of hydrogen-bond donors (Lipinski definition) is 0. The first-order valence-corrected chi connectivity index (χ1v) is 10.5. The van der Waals surface area contributed by atoms with Gasteiger partial charge in [-0.2, -0.15) is 0 Å². The van der Waals surface area contributed by atoms with Crippen LogP contribution in [0.2, 0.25) is 0 Å². The Kier molecular flexibility index (Phi) is 7.21. The highest BCUT2D eigenvalue weighted by atomic mass is 32.2. The van der Waals surface area contributed by atoms with E-state index in [1.807, 2.05) is 56.3 Å². The summed E-state index contributed by atoms with van der Waals surface area (Å²) in [6.07, 6.45) is 7.99. The Morgan fingerprint density at radius 2 is 2.00 bits per heavy atom. The molecule has 0 aromatic heterocycles. The van der Waals surface area contributed by atoms with Gasteiger partial charge in [-0.1, -0.05) is 42.7 Å². The molecule has 0 bridgehead atoms. The average Bonchev–Trinajstić information content (AvgIpc) is 3.03. The molecule has 1 aliphatic rings. The van der Waals surface area contributed by atoms with Gasteiger partial charge in [-0.25, -0.2) is 4.99 Å². The number of hydrogen-bond acceptors (Lipinski definition) is 5. The molecule has 0 saturated carbocycles. The maximum atomic E-state index is 13.1. The van der Waals surface area contributed by atoms with E-state index >= 15 is 0 Å². The van der Waals surface area contributed by atoms with Gasteiger partial charge >= 0.3 is 0 Å². The summed E-state index contributed by atoms with van der Waals surface area (Å²) >= 11 is 1.36. The second-order valence-electron chi connectivity index (χ2n) is 6.67. The number of benzene rings is 2. The lowest BCUT2D eigenvalue weighted by molar-refractivity contribution is -0.122. The van der Waals surface area contributed by atoms with Crippen LogP contribution in [0.4, 0.5) is 5.69 Å². The number of terminal acetylenes is 1. The molecule has 30 heavy (non-hydrogen) atoms. The third-order valence-corrected chi connectivity index (χ3v) is 5.42. The lowest BCUT2D eigenvalue weighted by Gasteiger charge is -2.14. The summed E-state index contributed by atoms with van der Waals surface area (Å²) in [4.78, 5) is 20.1. The summed E-state index contributed by atoms with van der Waals surface area (Å²) < 4.78 is 11.1. The fraction of sp³-hybridized carbons (Fsp3) is 0.250. The number of para-hydroxylation sites is 1.